The molecule has 0 unspecified atom stereocenters. The minimum atomic E-state index is -0.101. The SMILES string of the molecule is CSCCCc1ccc(Br)cc1F. The minimum Gasteiger partial charge on any atom is -0.207 e. The fourth-order valence-corrected chi connectivity index (χ4v) is 1.90. The van der Waals surface area contributed by atoms with Gasteiger partial charge in [0.2, 0.25) is 0 Å². The first-order valence-electron chi connectivity index (χ1n) is 4.17. The van der Waals surface area contributed by atoms with E-state index >= 15 is 0 Å². The Bertz CT molecular complexity index is 276. The third kappa shape index (κ3) is 3.69. The first kappa shape index (κ1) is 11.1. The Morgan fingerprint density at radius 3 is 2.85 bits per heavy atom. The number of rotatable bonds is 4. The second-order valence-corrected chi connectivity index (χ2v) is 4.73. The molecule has 0 saturated carbocycles. The van der Waals surface area contributed by atoms with Crippen molar-refractivity contribution in [2.75, 3.05) is 12.0 Å². The predicted octanol–water partition coefficient (Wildman–Crippen LogP) is 3.88. The molecular weight excluding hydrogens is 251 g/mol. The van der Waals surface area contributed by atoms with Crippen molar-refractivity contribution in [2.24, 2.45) is 0 Å². The molecule has 13 heavy (non-hydrogen) atoms. The zero-order chi connectivity index (χ0) is 9.68. The lowest BCUT2D eigenvalue weighted by molar-refractivity contribution is 0.607. The van der Waals surface area contributed by atoms with E-state index in [2.05, 4.69) is 22.2 Å². The Morgan fingerprint density at radius 1 is 1.46 bits per heavy atom. The summed E-state index contributed by atoms with van der Waals surface area (Å²) in [6, 6.07) is 5.26. The number of aryl methyl sites for hydroxylation is 1. The van der Waals surface area contributed by atoms with Crippen molar-refractivity contribution >= 4 is 27.7 Å². The van der Waals surface area contributed by atoms with Gasteiger partial charge in [0.25, 0.3) is 0 Å². The van der Waals surface area contributed by atoms with Crippen LogP contribution in [0.5, 0.6) is 0 Å². The summed E-state index contributed by atoms with van der Waals surface area (Å²) in [6.45, 7) is 0. The van der Waals surface area contributed by atoms with Gasteiger partial charge in [0.05, 0.1) is 0 Å². The van der Waals surface area contributed by atoms with Crippen LogP contribution in [0.4, 0.5) is 4.39 Å². The number of thioether (sulfide) groups is 1. The van der Waals surface area contributed by atoms with Gasteiger partial charge in [0.1, 0.15) is 5.82 Å². The molecule has 0 atom stereocenters. The number of hydrogen-bond donors (Lipinski definition) is 0. The van der Waals surface area contributed by atoms with E-state index in [0.717, 1.165) is 28.6 Å². The van der Waals surface area contributed by atoms with Crippen LogP contribution in [0.25, 0.3) is 0 Å². The largest absolute Gasteiger partial charge is 0.207 e. The Kier molecular flexibility index (Phi) is 4.81. The van der Waals surface area contributed by atoms with E-state index in [1.807, 2.05) is 12.1 Å². The fourth-order valence-electron chi connectivity index (χ4n) is 1.13. The first-order chi connectivity index (χ1) is 6.24. The molecule has 0 aromatic heterocycles. The zero-order valence-corrected chi connectivity index (χ0v) is 9.92. The van der Waals surface area contributed by atoms with Crippen LogP contribution in [-0.2, 0) is 6.42 Å². The van der Waals surface area contributed by atoms with E-state index in [9.17, 15) is 4.39 Å². The van der Waals surface area contributed by atoms with Gasteiger partial charge in [0.15, 0.2) is 0 Å². The second-order valence-electron chi connectivity index (χ2n) is 2.83. The number of halogens is 2. The number of hydrogen-bond acceptors (Lipinski definition) is 1. The van der Waals surface area contributed by atoms with Crippen LogP contribution in [0.15, 0.2) is 22.7 Å². The summed E-state index contributed by atoms with van der Waals surface area (Å²) in [5, 5.41) is 0. The highest BCUT2D eigenvalue weighted by molar-refractivity contribution is 9.10. The summed E-state index contributed by atoms with van der Waals surface area (Å²) in [5.41, 5.74) is 0.817. The maximum Gasteiger partial charge on any atom is 0.127 e. The monoisotopic (exact) mass is 262 g/mol. The van der Waals surface area contributed by atoms with Crippen LogP contribution in [-0.4, -0.2) is 12.0 Å². The molecule has 1 rings (SSSR count). The smallest absolute Gasteiger partial charge is 0.127 e. The first-order valence-corrected chi connectivity index (χ1v) is 6.35. The molecule has 0 saturated heterocycles. The van der Waals surface area contributed by atoms with Crippen LogP contribution in [0.2, 0.25) is 0 Å². The molecule has 0 bridgehead atoms. The Balaban J connectivity index is 2.56. The molecule has 0 aliphatic heterocycles. The third-order valence-corrected chi connectivity index (χ3v) is 3.00. The summed E-state index contributed by atoms with van der Waals surface area (Å²) >= 11 is 5.03. The topological polar surface area (TPSA) is 0 Å². The summed E-state index contributed by atoms with van der Waals surface area (Å²) in [6.07, 6.45) is 3.94. The minimum absolute atomic E-state index is 0.101. The van der Waals surface area contributed by atoms with Gasteiger partial charge in [-0.05, 0) is 42.5 Å². The van der Waals surface area contributed by atoms with Crippen molar-refractivity contribution in [2.45, 2.75) is 12.8 Å². The maximum atomic E-state index is 13.2. The van der Waals surface area contributed by atoms with E-state index in [-0.39, 0.29) is 5.82 Å². The van der Waals surface area contributed by atoms with E-state index < -0.39 is 0 Å². The third-order valence-electron chi connectivity index (χ3n) is 1.81. The lowest BCUT2D eigenvalue weighted by Gasteiger charge is -2.02. The van der Waals surface area contributed by atoms with Crippen molar-refractivity contribution in [1.82, 2.24) is 0 Å². The van der Waals surface area contributed by atoms with E-state index in [1.165, 1.54) is 6.07 Å². The van der Waals surface area contributed by atoms with Crippen LogP contribution >= 0.6 is 27.7 Å². The van der Waals surface area contributed by atoms with Gasteiger partial charge in [-0.15, -0.1) is 0 Å². The maximum absolute atomic E-state index is 13.2. The highest BCUT2D eigenvalue weighted by atomic mass is 79.9. The lowest BCUT2D eigenvalue weighted by Crippen LogP contribution is -1.91. The van der Waals surface area contributed by atoms with E-state index in [1.54, 1.807) is 11.8 Å². The number of benzene rings is 1. The quantitative estimate of drug-likeness (QED) is 0.743. The van der Waals surface area contributed by atoms with E-state index in [4.69, 9.17) is 0 Å². The van der Waals surface area contributed by atoms with Gasteiger partial charge < -0.3 is 0 Å². The Hall–Kier alpha value is -0.0200. The van der Waals surface area contributed by atoms with Crippen LogP contribution < -0.4 is 0 Å². The summed E-state index contributed by atoms with van der Waals surface area (Å²) in [4.78, 5) is 0. The molecule has 0 N–H and O–H groups in total. The van der Waals surface area contributed by atoms with Crippen molar-refractivity contribution in [3.63, 3.8) is 0 Å². The molecule has 3 heteroatoms. The molecule has 0 amide bonds. The molecule has 1 aromatic rings. The summed E-state index contributed by atoms with van der Waals surface area (Å²) < 4.78 is 14.0. The van der Waals surface area contributed by atoms with Gasteiger partial charge in [-0.3, -0.25) is 0 Å². The summed E-state index contributed by atoms with van der Waals surface area (Å²) in [5.74, 6) is 0.991. The molecule has 0 heterocycles. The second kappa shape index (κ2) is 5.66. The molecule has 0 spiro atoms. The molecule has 1 aromatic carbocycles. The van der Waals surface area contributed by atoms with Crippen LogP contribution in [0, 0.1) is 5.82 Å². The van der Waals surface area contributed by atoms with Crippen molar-refractivity contribution in [3.05, 3.63) is 34.1 Å². The summed E-state index contributed by atoms with van der Waals surface area (Å²) in [7, 11) is 0. The molecular formula is C10H12BrFS. The Morgan fingerprint density at radius 2 is 2.23 bits per heavy atom. The molecule has 72 valence electrons. The van der Waals surface area contributed by atoms with Crippen molar-refractivity contribution in [1.29, 1.82) is 0 Å². The highest BCUT2D eigenvalue weighted by Gasteiger charge is 2.01. The molecule has 0 radical (unpaired) electrons. The van der Waals surface area contributed by atoms with Crippen molar-refractivity contribution in [3.8, 4) is 0 Å². The molecule has 0 aliphatic carbocycles. The average molecular weight is 263 g/mol. The van der Waals surface area contributed by atoms with Gasteiger partial charge in [-0.2, -0.15) is 11.8 Å². The average Bonchev–Trinajstić information content (AvgIpc) is 2.09. The zero-order valence-electron chi connectivity index (χ0n) is 7.52. The molecule has 0 nitrogen and oxygen atoms in total. The van der Waals surface area contributed by atoms with Gasteiger partial charge in [-0.25, -0.2) is 4.39 Å². The van der Waals surface area contributed by atoms with Gasteiger partial charge in [0, 0.05) is 4.47 Å². The molecule has 0 fully saturated rings. The standard InChI is InChI=1S/C10H12BrFS/c1-13-6-2-3-8-4-5-9(11)7-10(8)12/h4-5,7H,2-3,6H2,1H3. The predicted molar refractivity (Wildman–Crippen MR) is 60.8 cm³/mol. The van der Waals surface area contributed by atoms with Crippen LogP contribution in [0.1, 0.15) is 12.0 Å². The fraction of sp³-hybridized carbons (Fsp3) is 0.400. The normalized spacial score (nSPS) is 10.4. The van der Waals surface area contributed by atoms with Gasteiger partial charge in [-0.1, -0.05) is 22.0 Å². The lowest BCUT2D eigenvalue weighted by atomic mass is 10.1. The Labute approximate surface area is 91.0 Å². The van der Waals surface area contributed by atoms with Crippen LogP contribution in [0.3, 0.4) is 0 Å². The van der Waals surface area contributed by atoms with E-state index in [0.29, 0.717) is 0 Å². The molecule has 0 aliphatic rings. The van der Waals surface area contributed by atoms with Crippen molar-refractivity contribution < 1.29 is 4.39 Å². The van der Waals surface area contributed by atoms with Gasteiger partial charge >= 0.3 is 0 Å². The highest BCUT2D eigenvalue weighted by Crippen LogP contribution is 2.16.